The number of aliphatic hydroxyl groups is 1. The van der Waals surface area contributed by atoms with Gasteiger partial charge in [0.1, 0.15) is 0 Å². The van der Waals surface area contributed by atoms with Crippen LogP contribution < -0.4 is 0 Å². The molecular formula is C6H4O3S. The smallest absolute Gasteiger partial charge is 0.233 e. The fourth-order valence-electron chi connectivity index (χ4n) is 0.573. The summed E-state index contributed by atoms with van der Waals surface area (Å²) in [5, 5.41) is 8.72. The van der Waals surface area contributed by atoms with Crippen LogP contribution >= 0.6 is 12.6 Å². The zero-order valence-corrected chi connectivity index (χ0v) is 5.76. The molecule has 0 unspecified atom stereocenters. The lowest BCUT2D eigenvalue weighted by atomic mass is 10.1. The van der Waals surface area contributed by atoms with Gasteiger partial charge in [-0.2, -0.15) is 0 Å². The average Bonchev–Trinajstić information content (AvgIpc) is 1.82. The van der Waals surface area contributed by atoms with E-state index in [2.05, 4.69) is 12.6 Å². The fourth-order valence-corrected chi connectivity index (χ4v) is 0.815. The average molecular weight is 156 g/mol. The van der Waals surface area contributed by atoms with E-state index in [9.17, 15) is 9.59 Å². The molecule has 1 rings (SSSR count). The number of aliphatic hydroxyl groups excluding tert-OH is 1. The summed E-state index contributed by atoms with van der Waals surface area (Å²) in [6, 6.07) is 0. The van der Waals surface area contributed by atoms with Crippen LogP contribution in [-0.4, -0.2) is 16.7 Å². The van der Waals surface area contributed by atoms with Crippen molar-refractivity contribution in [1.29, 1.82) is 0 Å². The number of rotatable bonds is 0. The molecule has 0 saturated carbocycles. The van der Waals surface area contributed by atoms with E-state index in [1.165, 1.54) is 0 Å². The van der Waals surface area contributed by atoms with Gasteiger partial charge in [0.05, 0.1) is 4.91 Å². The molecule has 4 heteroatoms. The molecule has 0 aromatic rings. The van der Waals surface area contributed by atoms with Gasteiger partial charge in [-0.25, -0.2) is 0 Å². The van der Waals surface area contributed by atoms with E-state index in [1.807, 2.05) is 0 Å². The number of carbonyl (C=O) groups is 2. The van der Waals surface area contributed by atoms with E-state index in [0.717, 1.165) is 12.2 Å². The van der Waals surface area contributed by atoms with Crippen molar-refractivity contribution in [1.82, 2.24) is 0 Å². The molecule has 0 bridgehead atoms. The first-order valence-electron chi connectivity index (χ1n) is 2.51. The molecule has 1 aliphatic carbocycles. The number of thiol groups is 1. The minimum absolute atomic E-state index is 0.0231. The molecule has 0 aromatic carbocycles. The molecule has 0 amide bonds. The van der Waals surface area contributed by atoms with Crippen LogP contribution in [0.25, 0.3) is 0 Å². The highest BCUT2D eigenvalue weighted by Crippen LogP contribution is 2.12. The molecule has 1 aliphatic rings. The van der Waals surface area contributed by atoms with Crippen LogP contribution in [0.2, 0.25) is 0 Å². The summed E-state index contributed by atoms with van der Waals surface area (Å²) >= 11 is 3.66. The van der Waals surface area contributed by atoms with E-state index in [4.69, 9.17) is 5.11 Å². The van der Waals surface area contributed by atoms with Crippen molar-refractivity contribution in [2.75, 3.05) is 0 Å². The lowest BCUT2D eigenvalue weighted by Gasteiger charge is -2.01. The molecule has 0 aliphatic heterocycles. The highest BCUT2D eigenvalue weighted by atomic mass is 32.1. The maximum Gasteiger partial charge on any atom is 0.233 e. The van der Waals surface area contributed by atoms with Gasteiger partial charge in [-0.1, -0.05) is 0 Å². The topological polar surface area (TPSA) is 54.4 Å². The summed E-state index contributed by atoms with van der Waals surface area (Å²) in [6.45, 7) is 0. The van der Waals surface area contributed by atoms with Crippen LogP contribution in [-0.2, 0) is 9.59 Å². The van der Waals surface area contributed by atoms with Crippen molar-refractivity contribution in [2.24, 2.45) is 0 Å². The highest BCUT2D eigenvalue weighted by molar-refractivity contribution is 7.85. The second-order valence-electron chi connectivity index (χ2n) is 1.79. The van der Waals surface area contributed by atoms with Gasteiger partial charge in [0.15, 0.2) is 11.5 Å². The van der Waals surface area contributed by atoms with Gasteiger partial charge in [-0.3, -0.25) is 9.59 Å². The zero-order chi connectivity index (χ0) is 7.72. The number of hydrogen-bond donors (Lipinski definition) is 2. The van der Waals surface area contributed by atoms with Gasteiger partial charge < -0.3 is 5.11 Å². The maximum absolute atomic E-state index is 10.7. The van der Waals surface area contributed by atoms with Crippen molar-refractivity contribution in [3.8, 4) is 0 Å². The third kappa shape index (κ3) is 1.11. The molecule has 3 nitrogen and oxygen atoms in total. The molecule has 52 valence electrons. The summed E-state index contributed by atoms with van der Waals surface area (Å²) in [4.78, 5) is 21.1. The molecule has 0 fully saturated rings. The Hall–Kier alpha value is -1.03. The summed E-state index contributed by atoms with van der Waals surface area (Å²) in [7, 11) is 0. The molecule has 0 aromatic heterocycles. The second kappa shape index (κ2) is 2.30. The van der Waals surface area contributed by atoms with Gasteiger partial charge in [-0.15, -0.1) is 12.6 Å². The SMILES string of the molecule is O=C1C=C(O)C(=O)C(S)=C1. The first-order chi connectivity index (χ1) is 4.61. The van der Waals surface area contributed by atoms with Crippen molar-refractivity contribution in [3.05, 3.63) is 22.8 Å². The van der Waals surface area contributed by atoms with Gasteiger partial charge in [0.25, 0.3) is 0 Å². The second-order valence-corrected chi connectivity index (χ2v) is 2.27. The van der Waals surface area contributed by atoms with E-state index >= 15 is 0 Å². The Morgan fingerprint density at radius 1 is 1.30 bits per heavy atom. The predicted octanol–water partition coefficient (Wildman–Crippen LogP) is 0.394. The molecule has 0 radical (unpaired) electrons. The summed E-state index contributed by atoms with van der Waals surface area (Å²) in [6.07, 6.45) is 1.92. The highest BCUT2D eigenvalue weighted by Gasteiger charge is 2.17. The number of ketones is 2. The molecule has 0 atom stereocenters. The molecule has 0 saturated heterocycles. The first-order valence-corrected chi connectivity index (χ1v) is 2.96. The summed E-state index contributed by atoms with van der Waals surface area (Å²) in [5.74, 6) is -1.57. The number of hydrogen-bond acceptors (Lipinski definition) is 4. The quantitative estimate of drug-likeness (QED) is 0.394. The molecular weight excluding hydrogens is 152 g/mol. The minimum atomic E-state index is -0.608. The van der Waals surface area contributed by atoms with E-state index in [1.54, 1.807) is 0 Å². The Kier molecular flexibility index (Phi) is 1.63. The standard InChI is InChI=1S/C6H4O3S/c7-3-1-4(8)6(9)5(10)2-3/h1-2,8,10H. The molecule has 1 N–H and O–H groups in total. The monoisotopic (exact) mass is 156 g/mol. The Labute approximate surface area is 62.5 Å². The zero-order valence-electron chi connectivity index (χ0n) is 4.87. The lowest BCUT2D eigenvalue weighted by molar-refractivity contribution is -0.116. The van der Waals surface area contributed by atoms with Gasteiger partial charge in [-0.05, 0) is 0 Å². The van der Waals surface area contributed by atoms with Crippen molar-refractivity contribution in [2.45, 2.75) is 0 Å². The molecule has 10 heavy (non-hydrogen) atoms. The predicted molar refractivity (Wildman–Crippen MR) is 37.8 cm³/mol. The Morgan fingerprint density at radius 3 is 2.40 bits per heavy atom. The largest absolute Gasteiger partial charge is 0.504 e. The van der Waals surface area contributed by atoms with E-state index in [-0.39, 0.29) is 4.91 Å². The lowest BCUT2D eigenvalue weighted by Crippen LogP contribution is -2.10. The number of allylic oxidation sites excluding steroid dienone is 3. The molecule has 0 spiro atoms. The van der Waals surface area contributed by atoms with E-state index in [0.29, 0.717) is 0 Å². The Morgan fingerprint density at radius 2 is 1.90 bits per heavy atom. The minimum Gasteiger partial charge on any atom is -0.504 e. The van der Waals surface area contributed by atoms with Crippen molar-refractivity contribution < 1.29 is 14.7 Å². The van der Waals surface area contributed by atoms with Crippen LogP contribution in [0.5, 0.6) is 0 Å². The van der Waals surface area contributed by atoms with Crippen LogP contribution in [0.3, 0.4) is 0 Å². The maximum atomic E-state index is 10.7. The summed E-state index contributed by atoms with van der Waals surface area (Å²) in [5.41, 5.74) is 0. The number of Topliss-reactive ketones (excluding diaryl/α,β-unsaturated/α-hetero) is 1. The number of carbonyl (C=O) groups excluding carboxylic acids is 2. The van der Waals surface area contributed by atoms with Crippen LogP contribution in [0.1, 0.15) is 0 Å². The van der Waals surface area contributed by atoms with Gasteiger partial charge in [0, 0.05) is 12.2 Å². The van der Waals surface area contributed by atoms with Crippen LogP contribution in [0, 0.1) is 0 Å². The summed E-state index contributed by atoms with van der Waals surface area (Å²) < 4.78 is 0. The van der Waals surface area contributed by atoms with Crippen LogP contribution in [0.4, 0.5) is 0 Å². The fraction of sp³-hybridized carbons (Fsp3) is 0. The first kappa shape index (κ1) is 7.08. The van der Waals surface area contributed by atoms with Crippen molar-refractivity contribution >= 4 is 24.2 Å². The van der Waals surface area contributed by atoms with Crippen LogP contribution in [0.15, 0.2) is 22.8 Å². The third-order valence-electron chi connectivity index (χ3n) is 1.02. The van der Waals surface area contributed by atoms with Gasteiger partial charge >= 0.3 is 0 Å². The third-order valence-corrected chi connectivity index (χ3v) is 1.36. The Balaban J connectivity index is 3.05. The molecule has 0 heterocycles. The normalized spacial score (nSPS) is 18.5. The Bertz CT molecular complexity index is 238. The van der Waals surface area contributed by atoms with E-state index < -0.39 is 17.3 Å². The van der Waals surface area contributed by atoms with Crippen molar-refractivity contribution in [3.63, 3.8) is 0 Å². The van der Waals surface area contributed by atoms with Gasteiger partial charge in [0.2, 0.25) is 5.78 Å².